The summed E-state index contributed by atoms with van der Waals surface area (Å²) in [6.45, 7) is 2.92. The van der Waals surface area contributed by atoms with Crippen molar-refractivity contribution in [2.24, 2.45) is 11.8 Å². The molecule has 1 aliphatic carbocycles. The molecule has 1 saturated carbocycles. The lowest BCUT2D eigenvalue weighted by Crippen LogP contribution is -2.35. The third-order valence-electron chi connectivity index (χ3n) is 4.53. The second-order valence-electron chi connectivity index (χ2n) is 5.73. The van der Waals surface area contributed by atoms with E-state index in [1.54, 1.807) is 12.3 Å². The van der Waals surface area contributed by atoms with Crippen LogP contribution in [0.4, 0.5) is 0 Å². The van der Waals surface area contributed by atoms with Crippen molar-refractivity contribution in [3.63, 3.8) is 0 Å². The van der Waals surface area contributed by atoms with Gasteiger partial charge in [-0.15, -0.1) is 0 Å². The quantitative estimate of drug-likeness (QED) is 0.493. The lowest BCUT2D eigenvalue weighted by Gasteiger charge is -2.34. The molecule has 0 atom stereocenters. The first-order chi connectivity index (χ1) is 9.65. The molecule has 0 aliphatic heterocycles. The van der Waals surface area contributed by atoms with E-state index in [-0.39, 0.29) is 5.91 Å². The smallest absolute Gasteiger partial charge is 0.268 e. The van der Waals surface area contributed by atoms with E-state index in [1.807, 2.05) is 0 Å². The minimum atomic E-state index is -0.295. The number of nitrogens with two attached hydrogens (primary N) is 1. The minimum absolute atomic E-state index is 0.295. The zero-order valence-corrected chi connectivity index (χ0v) is 12.4. The summed E-state index contributed by atoms with van der Waals surface area (Å²) in [5, 5.41) is 0. The average Bonchev–Trinajstić information content (AvgIpc) is 2.94. The summed E-state index contributed by atoms with van der Waals surface area (Å²) in [5.74, 6) is 6.47. The molecule has 0 aromatic carbocycles. The average molecular weight is 279 g/mol. The molecular formula is C15H25N3O2. The Morgan fingerprint density at radius 1 is 1.45 bits per heavy atom. The van der Waals surface area contributed by atoms with Crippen molar-refractivity contribution >= 4 is 5.91 Å². The number of nitrogen functional groups attached to an aromatic ring is 1. The van der Waals surface area contributed by atoms with E-state index in [4.69, 9.17) is 10.3 Å². The molecule has 0 bridgehead atoms. The van der Waals surface area contributed by atoms with Gasteiger partial charge in [0.1, 0.15) is 5.76 Å². The first kappa shape index (κ1) is 15.1. The van der Waals surface area contributed by atoms with Gasteiger partial charge in [-0.1, -0.05) is 13.3 Å². The van der Waals surface area contributed by atoms with E-state index in [0.717, 1.165) is 5.92 Å². The van der Waals surface area contributed by atoms with Gasteiger partial charge in [-0.2, -0.15) is 0 Å². The lowest BCUT2D eigenvalue weighted by molar-refractivity contribution is 0.0947. The maximum atomic E-state index is 11.6. The van der Waals surface area contributed by atoms with Gasteiger partial charge in [0, 0.05) is 6.04 Å². The van der Waals surface area contributed by atoms with E-state index in [2.05, 4.69) is 24.3 Å². The summed E-state index contributed by atoms with van der Waals surface area (Å²) < 4.78 is 5.43. The minimum Gasteiger partial charge on any atom is -0.467 e. The molecule has 0 saturated heterocycles. The van der Waals surface area contributed by atoms with Crippen molar-refractivity contribution < 1.29 is 9.21 Å². The molecule has 2 rings (SSSR count). The van der Waals surface area contributed by atoms with Gasteiger partial charge in [0.15, 0.2) is 0 Å². The second kappa shape index (κ2) is 6.90. The van der Waals surface area contributed by atoms with Crippen molar-refractivity contribution in [3.05, 3.63) is 23.7 Å². The van der Waals surface area contributed by atoms with Crippen LogP contribution in [0.25, 0.3) is 0 Å². The van der Waals surface area contributed by atoms with Crippen LogP contribution in [0.5, 0.6) is 0 Å². The third-order valence-corrected chi connectivity index (χ3v) is 4.53. The van der Waals surface area contributed by atoms with Crippen LogP contribution in [0.15, 0.2) is 16.7 Å². The van der Waals surface area contributed by atoms with Crippen LogP contribution in [-0.4, -0.2) is 23.9 Å². The molecule has 112 valence electrons. The van der Waals surface area contributed by atoms with Crippen molar-refractivity contribution in [1.29, 1.82) is 0 Å². The zero-order chi connectivity index (χ0) is 14.5. The van der Waals surface area contributed by atoms with Crippen LogP contribution in [0, 0.1) is 5.92 Å². The fourth-order valence-electron chi connectivity index (χ4n) is 3.09. The number of amides is 1. The molecule has 1 fully saturated rings. The molecule has 1 aromatic rings. The second-order valence-corrected chi connectivity index (χ2v) is 5.73. The van der Waals surface area contributed by atoms with Gasteiger partial charge in [0.2, 0.25) is 0 Å². The van der Waals surface area contributed by atoms with E-state index in [1.165, 1.54) is 32.1 Å². The fraction of sp³-hybridized carbons (Fsp3) is 0.667. The Kier molecular flexibility index (Phi) is 5.20. The number of hydrogen-bond donors (Lipinski definition) is 2. The lowest BCUT2D eigenvalue weighted by atomic mass is 9.84. The van der Waals surface area contributed by atoms with Gasteiger partial charge >= 0.3 is 0 Å². The predicted molar refractivity (Wildman–Crippen MR) is 77.9 cm³/mol. The Balaban J connectivity index is 1.93. The summed E-state index contributed by atoms with van der Waals surface area (Å²) in [4.78, 5) is 13.9. The molecule has 1 heterocycles. The number of carbonyl (C=O) groups excluding carboxylic acids is 1. The zero-order valence-electron chi connectivity index (χ0n) is 12.4. The molecule has 3 N–H and O–H groups in total. The van der Waals surface area contributed by atoms with E-state index in [0.29, 0.717) is 23.9 Å². The van der Waals surface area contributed by atoms with Crippen LogP contribution in [0.2, 0.25) is 0 Å². The predicted octanol–water partition coefficient (Wildman–Crippen LogP) is 2.28. The number of nitrogens with one attached hydrogen (secondary N) is 1. The standard InChI is InChI=1S/C15H25N3O2/c1-3-11-4-6-12(7-5-11)18(2)10-14-13(8-9-20-14)15(19)17-16/h8-9,11-12H,3-7,10,16H2,1-2H3,(H,17,19). The summed E-state index contributed by atoms with van der Waals surface area (Å²) in [6.07, 6.45) is 7.90. The van der Waals surface area contributed by atoms with Crippen molar-refractivity contribution in [2.75, 3.05) is 7.05 Å². The van der Waals surface area contributed by atoms with Gasteiger partial charge in [0.05, 0.1) is 18.4 Å². The highest BCUT2D eigenvalue weighted by Crippen LogP contribution is 2.29. The topological polar surface area (TPSA) is 71.5 Å². The highest BCUT2D eigenvalue weighted by atomic mass is 16.3. The van der Waals surface area contributed by atoms with Crippen LogP contribution >= 0.6 is 0 Å². The van der Waals surface area contributed by atoms with Crippen LogP contribution in [0.3, 0.4) is 0 Å². The number of furan rings is 1. The number of carbonyl (C=O) groups is 1. The van der Waals surface area contributed by atoms with Crippen LogP contribution in [0.1, 0.15) is 55.1 Å². The highest BCUT2D eigenvalue weighted by Gasteiger charge is 2.24. The molecule has 1 amide bonds. The van der Waals surface area contributed by atoms with E-state index < -0.39 is 0 Å². The number of hydrogen-bond acceptors (Lipinski definition) is 4. The van der Waals surface area contributed by atoms with Crippen LogP contribution in [-0.2, 0) is 6.54 Å². The summed E-state index contributed by atoms with van der Waals surface area (Å²) >= 11 is 0. The Morgan fingerprint density at radius 2 is 2.15 bits per heavy atom. The molecule has 1 aliphatic rings. The molecule has 0 radical (unpaired) electrons. The summed E-state index contributed by atoms with van der Waals surface area (Å²) in [6, 6.07) is 2.25. The van der Waals surface area contributed by atoms with Crippen molar-refractivity contribution in [1.82, 2.24) is 10.3 Å². The Bertz CT molecular complexity index is 436. The first-order valence-corrected chi connectivity index (χ1v) is 7.43. The summed E-state index contributed by atoms with van der Waals surface area (Å²) in [7, 11) is 2.10. The first-order valence-electron chi connectivity index (χ1n) is 7.43. The number of nitrogens with zero attached hydrogens (tertiary/aromatic N) is 1. The third kappa shape index (κ3) is 3.41. The van der Waals surface area contributed by atoms with E-state index >= 15 is 0 Å². The molecule has 5 nitrogen and oxygen atoms in total. The van der Waals surface area contributed by atoms with Gasteiger partial charge in [-0.25, -0.2) is 5.84 Å². The highest BCUT2D eigenvalue weighted by molar-refractivity contribution is 5.94. The van der Waals surface area contributed by atoms with Crippen LogP contribution < -0.4 is 11.3 Å². The SMILES string of the molecule is CCC1CCC(N(C)Cc2occc2C(=O)NN)CC1. The molecule has 0 spiro atoms. The van der Waals surface area contributed by atoms with Crippen molar-refractivity contribution in [2.45, 2.75) is 51.6 Å². The molecular weight excluding hydrogens is 254 g/mol. The van der Waals surface area contributed by atoms with Gasteiger partial charge < -0.3 is 4.42 Å². The summed E-state index contributed by atoms with van der Waals surface area (Å²) in [5.41, 5.74) is 2.69. The molecule has 20 heavy (non-hydrogen) atoms. The maximum Gasteiger partial charge on any atom is 0.268 e. The number of hydrazine groups is 1. The Labute approximate surface area is 120 Å². The number of rotatable bonds is 5. The normalized spacial score (nSPS) is 23.0. The van der Waals surface area contributed by atoms with E-state index in [9.17, 15) is 4.79 Å². The van der Waals surface area contributed by atoms with Gasteiger partial charge in [-0.05, 0) is 44.7 Å². The maximum absolute atomic E-state index is 11.6. The molecule has 1 aromatic heterocycles. The Morgan fingerprint density at radius 3 is 2.75 bits per heavy atom. The van der Waals surface area contributed by atoms with Gasteiger partial charge in [0.25, 0.3) is 5.91 Å². The van der Waals surface area contributed by atoms with Gasteiger partial charge in [-0.3, -0.25) is 15.1 Å². The molecule has 0 unspecified atom stereocenters. The van der Waals surface area contributed by atoms with Crippen molar-refractivity contribution in [3.8, 4) is 0 Å². The molecule has 5 heteroatoms. The Hall–Kier alpha value is -1.33. The largest absolute Gasteiger partial charge is 0.467 e. The fourth-order valence-corrected chi connectivity index (χ4v) is 3.09. The monoisotopic (exact) mass is 279 g/mol.